The zero-order chi connectivity index (χ0) is 19.6. The molecule has 2 aromatic rings. The second-order valence-electron chi connectivity index (χ2n) is 4.93. The quantitative estimate of drug-likeness (QED) is 0.776. The molecule has 0 spiro atoms. The summed E-state index contributed by atoms with van der Waals surface area (Å²) in [5, 5.41) is 1.64. The minimum Gasteiger partial charge on any atom is -0.492 e. The first-order valence-corrected chi connectivity index (χ1v) is 7.75. The van der Waals surface area contributed by atoms with E-state index < -0.39 is 45.6 Å². The van der Waals surface area contributed by atoms with E-state index in [9.17, 15) is 18.4 Å². The van der Waals surface area contributed by atoms with Crippen molar-refractivity contribution in [1.29, 1.82) is 0 Å². The first-order valence-electron chi connectivity index (χ1n) is 7.00. The summed E-state index contributed by atoms with van der Waals surface area (Å²) in [7, 11) is 2.25. The van der Waals surface area contributed by atoms with Crippen molar-refractivity contribution < 1.29 is 27.8 Å². The molecule has 0 saturated heterocycles. The normalized spacial score (nSPS) is 10.4. The maximum atomic E-state index is 14.9. The lowest BCUT2D eigenvalue weighted by Gasteiger charge is -2.15. The molecule has 2 rings (SSSR count). The Hall–Kier alpha value is -2.45. The largest absolute Gasteiger partial charge is 0.492 e. The summed E-state index contributed by atoms with van der Waals surface area (Å²) in [5.74, 6) is -4.13. The number of ether oxygens (including phenoxy) is 2. The molecule has 6 nitrogen and oxygen atoms in total. The van der Waals surface area contributed by atoms with Crippen LogP contribution in [0.3, 0.4) is 0 Å². The van der Waals surface area contributed by atoms with Crippen LogP contribution in [0, 0.1) is 11.6 Å². The van der Waals surface area contributed by atoms with Gasteiger partial charge in [-0.2, -0.15) is 0 Å². The van der Waals surface area contributed by atoms with Crippen molar-refractivity contribution in [3.05, 3.63) is 39.5 Å². The van der Waals surface area contributed by atoms with E-state index in [-0.39, 0.29) is 16.3 Å². The van der Waals surface area contributed by atoms with Crippen molar-refractivity contribution in [1.82, 2.24) is 4.98 Å². The molecule has 0 aliphatic carbocycles. The molecule has 1 aromatic heterocycles. The van der Waals surface area contributed by atoms with Gasteiger partial charge in [0.15, 0.2) is 23.1 Å². The molecule has 0 fully saturated rings. The highest BCUT2D eigenvalue weighted by Gasteiger charge is 2.27. The number of aromatic nitrogens is 1. The Morgan fingerprint density at radius 1 is 1.15 bits per heavy atom. The van der Waals surface area contributed by atoms with Crippen molar-refractivity contribution in [2.24, 2.45) is 0 Å². The molecule has 0 atom stereocenters. The molecule has 1 aromatic carbocycles. The standard InChI is InChI=1S/C16H12Cl2F2N2O4/c1-6(23)21-13-9(18)14(16(24)26-3)22-12(11(13)20)7-4-5-8(17)15(25-2)10(7)19/h4-5H,1-3H3,(H,21,22,23). The van der Waals surface area contributed by atoms with E-state index in [1.807, 2.05) is 0 Å². The summed E-state index contributed by atoms with van der Waals surface area (Å²) < 4.78 is 38.9. The number of carbonyl (C=O) groups is 2. The Kier molecular flexibility index (Phi) is 5.99. The summed E-state index contributed by atoms with van der Waals surface area (Å²) in [6.07, 6.45) is 0. The van der Waals surface area contributed by atoms with Crippen LogP contribution in [0.5, 0.6) is 5.75 Å². The van der Waals surface area contributed by atoms with E-state index in [0.717, 1.165) is 20.1 Å². The Balaban J connectivity index is 2.85. The number of carbonyl (C=O) groups excluding carboxylic acids is 2. The number of nitrogens with one attached hydrogen (secondary N) is 1. The van der Waals surface area contributed by atoms with Gasteiger partial charge in [0.25, 0.3) is 0 Å². The number of pyridine rings is 1. The summed E-state index contributed by atoms with van der Waals surface area (Å²) in [4.78, 5) is 27.0. The molecular weight excluding hydrogens is 393 g/mol. The molecule has 26 heavy (non-hydrogen) atoms. The number of hydrogen-bond acceptors (Lipinski definition) is 5. The fraction of sp³-hybridized carbons (Fsp3) is 0.188. The third kappa shape index (κ3) is 3.56. The van der Waals surface area contributed by atoms with E-state index in [1.165, 1.54) is 13.2 Å². The molecule has 0 radical (unpaired) electrons. The zero-order valence-electron chi connectivity index (χ0n) is 13.7. The molecule has 10 heteroatoms. The SMILES string of the molecule is COC(=O)c1nc(-c2ccc(Cl)c(OC)c2F)c(F)c(NC(C)=O)c1Cl. The van der Waals surface area contributed by atoms with Gasteiger partial charge in [0.1, 0.15) is 16.4 Å². The van der Waals surface area contributed by atoms with Gasteiger partial charge in [-0.15, -0.1) is 0 Å². The van der Waals surface area contributed by atoms with Crippen LogP contribution in [-0.4, -0.2) is 31.1 Å². The Morgan fingerprint density at radius 2 is 1.81 bits per heavy atom. The van der Waals surface area contributed by atoms with Crippen molar-refractivity contribution in [3.8, 4) is 17.0 Å². The highest BCUT2D eigenvalue weighted by molar-refractivity contribution is 6.36. The molecular formula is C16H12Cl2F2N2O4. The first-order chi connectivity index (χ1) is 12.2. The third-order valence-electron chi connectivity index (χ3n) is 3.27. The Morgan fingerprint density at radius 3 is 2.35 bits per heavy atom. The third-order valence-corrected chi connectivity index (χ3v) is 3.93. The number of benzene rings is 1. The van der Waals surface area contributed by atoms with Gasteiger partial charge in [-0.1, -0.05) is 23.2 Å². The van der Waals surface area contributed by atoms with Crippen molar-refractivity contribution in [3.63, 3.8) is 0 Å². The van der Waals surface area contributed by atoms with E-state index in [0.29, 0.717) is 0 Å². The smallest absolute Gasteiger partial charge is 0.358 e. The van der Waals surface area contributed by atoms with E-state index >= 15 is 0 Å². The molecule has 0 aliphatic heterocycles. The number of amides is 1. The van der Waals surface area contributed by atoms with Gasteiger partial charge in [-0.3, -0.25) is 4.79 Å². The minimum absolute atomic E-state index is 0.0432. The predicted octanol–water partition coefficient (Wildman–Crippen LogP) is 4.09. The number of halogens is 4. The van der Waals surface area contributed by atoms with Crippen molar-refractivity contribution in [2.45, 2.75) is 6.92 Å². The molecule has 1 heterocycles. The van der Waals surface area contributed by atoms with Crippen molar-refractivity contribution >= 4 is 40.8 Å². The topological polar surface area (TPSA) is 77.5 Å². The number of anilines is 1. The summed E-state index contributed by atoms with van der Waals surface area (Å²) in [6, 6.07) is 2.42. The average Bonchev–Trinajstić information content (AvgIpc) is 2.59. The van der Waals surface area contributed by atoms with Gasteiger partial charge < -0.3 is 14.8 Å². The summed E-state index contributed by atoms with van der Waals surface area (Å²) in [6.45, 7) is 1.11. The zero-order valence-corrected chi connectivity index (χ0v) is 15.3. The lowest BCUT2D eigenvalue weighted by atomic mass is 10.1. The second kappa shape index (κ2) is 7.84. The number of hydrogen-bond donors (Lipinski definition) is 1. The predicted molar refractivity (Wildman–Crippen MR) is 91.8 cm³/mol. The fourth-order valence-corrected chi connectivity index (χ4v) is 2.61. The summed E-state index contributed by atoms with van der Waals surface area (Å²) in [5.41, 5.74) is -1.95. The Bertz CT molecular complexity index is 907. The number of rotatable bonds is 4. The van der Waals surface area contributed by atoms with Crippen LogP contribution in [0.25, 0.3) is 11.3 Å². The molecule has 1 N–H and O–H groups in total. The van der Waals surface area contributed by atoms with Crippen molar-refractivity contribution in [2.75, 3.05) is 19.5 Å². The van der Waals surface area contributed by atoms with E-state index in [2.05, 4.69) is 15.0 Å². The average molecular weight is 405 g/mol. The molecule has 138 valence electrons. The van der Waals surface area contributed by atoms with Crippen LogP contribution in [0.15, 0.2) is 12.1 Å². The highest BCUT2D eigenvalue weighted by atomic mass is 35.5. The molecule has 0 saturated carbocycles. The number of esters is 1. The number of nitrogens with zero attached hydrogens (tertiary/aromatic N) is 1. The van der Waals surface area contributed by atoms with Crippen LogP contribution < -0.4 is 10.1 Å². The minimum atomic E-state index is -1.14. The molecule has 0 aliphatic rings. The number of methoxy groups -OCH3 is 2. The van der Waals surface area contributed by atoms with Gasteiger partial charge in [-0.25, -0.2) is 18.6 Å². The van der Waals surface area contributed by atoms with Crippen LogP contribution >= 0.6 is 23.2 Å². The Labute approximate surface area is 157 Å². The maximum absolute atomic E-state index is 14.9. The van der Waals surface area contributed by atoms with Gasteiger partial charge >= 0.3 is 5.97 Å². The van der Waals surface area contributed by atoms with Gasteiger partial charge in [0.2, 0.25) is 5.91 Å². The second-order valence-corrected chi connectivity index (χ2v) is 5.71. The van der Waals surface area contributed by atoms with Gasteiger partial charge in [-0.05, 0) is 12.1 Å². The maximum Gasteiger partial charge on any atom is 0.358 e. The lowest BCUT2D eigenvalue weighted by Crippen LogP contribution is -2.14. The first kappa shape index (κ1) is 19.9. The van der Waals surface area contributed by atoms with E-state index in [4.69, 9.17) is 27.9 Å². The lowest BCUT2D eigenvalue weighted by molar-refractivity contribution is -0.114. The van der Waals surface area contributed by atoms with Gasteiger partial charge in [0, 0.05) is 12.5 Å². The molecule has 0 unspecified atom stereocenters. The monoisotopic (exact) mass is 404 g/mol. The van der Waals surface area contributed by atoms with Crippen LogP contribution in [0.1, 0.15) is 17.4 Å². The fourth-order valence-electron chi connectivity index (χ4n) is 2.14. The highest BCUT2D eigenvalue weighted by Crippen LogP contribution is 2.39. The van der Waals surface area contributed by atoms with Crippen LogP contribution in [0.4, 0.5) is 14.5 Å². The van der Waals surface area contributed by atoms with Gasteiger partial charge in [0.05, 0.1) is 19.2 Å². The molecule has 0 bridgehead atoms. The van der Waals surface area contributed by atoms with E-state index in [1.54, 1.807) is 0 Å². The van der Waals surface area contributed by atoms with Crippen LogP contribution in [0.2, 0.25) is 10.0 Å². The molecule has 1 amide bonds. The van der Waals surface area contributed by atoms with Crippen LogP contribution in [-0.2, 0) is 9.53 Å². The summed E-state index contributed by atoms with van der Waals surface area (Å²) >= 11 is 11.8.